The minimum absolute atomic E-state index is 0.0179. The molecule has 0 N–H and O–H groups in total. The third kappa shape index (κ3) is 3.73. The number of nitrogens with zero attached hydrogens (tertiary/aromatic N) is 4. The first-order chi connectivity index (χ1) is 14.7. The summed E-state index contributed by atoms with van der Waals surface area (Å²) in [6.07, 6.45) is 6.54. The minimum atomic E-state index is 0.0179. The van der Waals surface area contributed by atoms with E-state index >= 15 is 0 Å². The van der Waals surface area contributed by atoms with Gasteiger partial charge in [0.2, 0.25) is 0 Å². The number of amides is 1. The van der Waals surface area contributed by atoms with E-state index in [9.17, 15) is 4.79 Å². The monoisotopic (exact) mass is 436 g/mol. The molecule has 2 aromatic heterocycles. The molecule has 152 valence electrons. The normalized spacial score (nSPS) is 16.8. The van der Waals surface area contributed by atoms with E-state index in [1.54, 1.807) is 22.2 Å². The van der Waals surface area contributed by atoms with Crippen molar-refractivity contribution < 1.29 is 4.79 Å². The highest BCUT2D eigenvalue weighted by Gasteiger charge is 2.31. The second-order valence-corrected chi connectivity index (χ2v) is 9.02. The van der Waals surface area contributed by atoms with E-state index in [4.69, 9.17) is 16.6 Å². The number of hydrogen-bond donors (Lipinski definition) is 0. The van der Waals surface area contributed by atoms with Crippen molar-refractivity contribution in [2.75, 3.05) is 6.54 Å². The fraction of sp³-hybridized carbons (Fsp3) is 0.261. The largest absolute Gasteiger partial charge is 0.329 e. The number of hydrogen-bond acceptors (Lipinski definition) is 4. The van der Waals surface area contributed by atoms with Gasteiger partial charge in [0.05, 0.1) is 34.6 Å². The molecule has 0 saturated carbocycles. The fourth-order valence-corrected chi connectivity index (χ4v) is 5.30. The van der Waals surface area contributed by atoms with Crippen LogP contribution in [0.3, 0.4) is 0 Å². The summed E-state index contributed by atoms with van der Waals surface area (Å²) in [7, 11) is 0. The van der Waals surface area contributed by atoms with Crippen LogP contribution >= 0.6 is 22.9 Å². The topological polar surface area (TPSA) is 51.0 Å². The van der Waals surface area contributed by atoms with Crippen molar-refractivity contribution in [1.82, 2.24) is 19.7 Å². The van der Waals surface area contributed by atoms with Crippen LogP contribution in [-0.4, -0.2) is 32.1 Å². The molecule has 0 bridgehead atoms. The van der Waals surface area contributed by atoms with Gasteiger partial charge in [0, 0.05) is 17.8 Å². The maximum atomic E-state index is 13.4. The summed E-state index contributed by atoms with van der Waals surface area (Å²) < 4.78 is 2.93. The lowest BCUT2D eigenvalue weighted by Gasteiger charge is -2.34. The smallest absolute Gasteiger partial charge is 0.257 e. The lowest BCUT2D eigenvalue weighted by molar-refractivity contribution is 0.0611. The standard InChI is InChI=1S/C23H21ClN4OS/c24-18-8-2-1-7-16(18)14-27-15-17(13-25-27)23(29)28-12-6-5-10-20(28)22-26-19-9-3-4-11-21(19)30-22/h1-4,7-9,11,13,15,20H,5-6,10,12,14H2. The molecule has 4 aromatic rings. The summed E-state index contributed by atoms with van der Waals surface area (Å²) in [5, 5.41) is 6.12. The van der Waals surface area contributed by atoms with Gasteiger partial charge < -0.3 is 4.90 Å². The van der Waals surface area contributed by atoms with Crippen LogP contribution in [0, 0.1) is 0 Å². The van der Waals surface area contributed by atoms with Gasteiger partial charge in [-0.2, -0.15) is 5.10 Å². The van der Waals surface area contributed by atoms with Gasteiger partial charge in [-0.15, -0.1) is 11.3 Å². The van der Waals surface area contributed by atoms with E-state index in [1.807, 2.05) is 53.6 Å². The Morgan fingerprint density at radius 3 is 2.83 bits per heavy atom. The second-order valence-electron chi connectivity index (χ2n) is 7.55. The van der Waals surface area contributed by atoms with E-state index in [0.29, 0.717) is 17.1 Å². The summed E-state index contributed by atoms with van der Waals surface area (Å²) in [6.45, 7) is 1.28. The Kier molecular flexibility index (Phi) is 5.27. The molecule has 5 rings (SSSR count). The Labute approximate surface area is 183 Å². The highest BCUT2D eigenvalue weighted by Crippen LogP contribution is 2.36. The summed E-state index contributed by atoms with van der Waals surface area (Å²) in [5.41, 5.74) is 2.59. The molecule has 30 heavy (non-hydrogen) atoms. The van der Waals surface area contributed by atoms with Crippen LogP contribution in [-0.2, 0) is 6.54 Å². The van der Waals surface area contributed by atoms with Gasteiger partial charge in [0.1, 0.15) is 5.01 Å². The first kappa shape index (κ1) is 19.3. The maximum absolute atomic E-state index is 13.4. The van der Waals surface area contributed by atoms with Crippen LogP contribution in [0.5, 0.6) is 0 Å². The van der Waals surface area contributed by atoms with Crippen LogP contribution in [0.1, 0.15) is 46.2 Å². The zero-order chi connectivity index (χ0) is 20.5. The lowest BCUT2D eigenvalue weighted by atomic mass is 10.0. The summed E-state index contributed by atoms with van der Waals surface area (Å²) in [4.78, 5) is 20.1. The average molecular weight is 437 g/mol. The number of aromatic nitrogens is 3. The van der Waals surface area contributed by atoms with Gasteiger partial charge in [0.25, 0.3) is 5.91 Å². The van der Waals surface area contributed by atoms with E-state index < -0.39 is 0 Å². The molecule has 0 spiro atoms. The van der Waals surface area contributed by atoms with E-state index in [2.05, 4.69) is 11.2 Å². The molecule has 1 saturated heterocycles. The molecule has 1 atom stereocenters. The Balaban J connectivity index is 1.39. The van der Waals surface area contributed by atoms with Crippen LogP contribution in [0.4, 0.5) is 0 Å². The molecule has 0 radical (unpaired) electrons. The summed E-state index contributed by atoms with van der Waals surface area (Å²) in [5.74, 6) is 0.0179. The summed E-state index contributed by atoms with van der Waals surface area (Å²) in [6, 6.07) is 15.9. The Morgan fingerprint density at radius 1 is 1.13 bits per heavy atom. The maximum Gasteiger partial charge on any atom is 0.257 e. The molecule has 1 aliphatic rings. The van der Waals surface area contributed by atoms with Crippen molar-refractivity contribution >= 4 is 39.1 Å². The first-order valence-corrected chi connectivity index (χ1v) is 11.3. The highest BCUT2D eigenvalue weighted by molar-refractivity contribution is 7.18. The molecule has 1 aliphatic heterocycles. The number of likely N-dealkylation sites (tertiary alicyclic amines) is 1. The molecule has 1 amide bonds. The molecule has 1 fully saturated rings. The van der Waals surface area contributed by atoms with Crippen molar-refractivity contribution in [2.45, 2.75) is 31.8 Å². The minimum Gasteiger partial charge on any atom is -0.329 e. The zero-order valence-corrected chi connectivity index (χ0v) is 17.9. The van der Waals surface area contributed by atoms with Crippen molar-refractivity contribution in [3.05, 3.63) is 82.1 Å². The average Bonchev–Trinajstić information content (AvgIpc) is 3.42. The van der Waals surface area contributed by atoms with Crippen LogP contribution in [0.25, 0.3) is 10.2 Å². The number of carbonyl (C=O) groups is 1. The van der Waals surface area contributed by atoms with Crippen molar-refractivity contribution in [3.8, 4) is 0 Å². The molecule has 0 aliphatic carbocycles. The van der Waals surface area contributed by atoms with E-state index in [0.717, 1.165) is 46.6 Å². The van der Waals surface area contributed by atoms with Gasteiger partial charge in [-0.25, -0.2) is 4.98 Å². The molecule has 1 unspecified atom stereocenters. The first-order valence-electron chi connectivity index (χ1n) is 10.1. The SMILES string of the molecule is O=C(c1cnn(Cc2ccccc2Cl)c1)N1CCCCC1c1nc2ccccc2s1. The van der Waals surface area contributed by atoms with E-state index in [1.165, 1.54) is 0 Å². The van der Waals surface area contributed by atoms with Gasteiger partial charge in [0.15, 0.2) is 0 Å². The predicted octanol–water partition coefficient (Wildman–Crippen LogP) is 5.56. The number of halogens is 1. The van der Waals surface area contributed by atoms with Gasteiger partial charge >= 0.3 is 0 Å². The number of thiazole rings is 1. The Hall–Kier alpha value is -2.70. The van der Waals surface area contributed by atoms with Gasteiger partial charge in [-0.1, -0.05) is 41.9 Å². The highest BCUT2D eigenvalue weighted by atomic mass is 35.5. The molecule has 3 heterocycles. The quantitative estimate of drug-likeness (QED) is 0.420. The second kappa shape index (κ2) is 8.20. The molecule has 5 nitrogen and oxygen atoms in total. The molecular formula is C23H21ClN4OS. The van der Waals surface area contributed by atoms with Crippen LogP contribution < -0.4 is 0 Å². The number of piperidine rings is 1. The molecule has 7 heteroatoms. The van der Waals surface area contributed by atoms with E-state index in [-0.39, 0.29) is 11.9 Å². The third-order valence-corrected chi connectivity index (χ3v) is 7.04. The van der Waals surface area contributed by atoms with Crippen molar-refractivity contribution in [2.24, 2.45) is 0 Å². The molecule has 2 aromatic carbocycles. The Bertz CT molecular complexity index is 1170. The number of fused-ring (bicyclic) bond motifs is 1. The number of carbonyl (C=O) groups excluding carboxylic acids is 1. The summed E-state index contributed by atoms with van der Waals surface area (Å²) >= 11 is 7.95. The zero-order valence-electron chi connectivity index (χ0n) is 16.4. The molecular weight excluding hydrogens is 416 g/mol. The van der Waals surface area contributed by atoms with Gasteiger partial charge in [-0.3, -0.25) is 9.48 Å². The number of benzene rings is 2. The van der Waals surface area contributed by atoms with Crippen molar-refractivity contribution in [1.29, 1.82) is 0 Å². The van der Waals surface area contributed by atoms with Crippen LogP contribution in [0.15, 0.2) is 60.9 Å². The third-order valence-electron chi connectivity index (χ3n) is 5.53. The van der Waals surface area contributed by atoms with Crippen molar-refractivity contribution in [3.63, 3.8) is 0 Å². The predicted molar refractivity (Wildman–Crippen MR) is 120 cm³/mol. The van der Waals surface area contributed by atoms with Crippen LogP contribution in [0.2, 0.25) is 5.02 Å². The van der Waals surface area contributed by atoms with Gasteiger partial charge in [-0.05, 0) is 43.0 Å². The Morgan fingerprint density at radius 2 is 1.97 bits per heavy atom. The lowest BCUT2D eigenvalue weighted by Crippen LogP contribution is -2.38. The number of rotatable bonds is 4. The fourth-order valence-electron chi connectivity index (χ4n) is 3.99. The number of para-hydroxylation sites is 1.